The fraction of sp³-hybridized carbons (Fsp3) is 0.350. The molecule has 1 fully saturated rings. The van der Waals surface area contributed by atoms with Crippen molar-refractivity contribution in [2.75, 3.05) is 25.0 Å². The first-order valence-corrected chi connectivity index (χ1v) is 9.14. The standard InChI is InChI=1S/C20H23ClN2O2/c1-15-6-5-11-23(13-15)14-20(24)22-18-12-16(21)9-10-19(18)25-17-7-3-2-4-8-17/h2-4,7-10,12,15H,5-6,11,13-14H2,1H3,(H,22,24)/p+1/t15-/m0/s1. The molecule has 0 aromatic heterocycles. The second-order valence-electron chi connectivity index (χ2n) is 6.73. The topological polar surface area (TPSA) is 42.8 Å². The van der Waals surface area contributed by atoms with E-state index in [-0.39, 0.29) is 5.91 Å². The Morgan fingerprint density at radius 2 is 2.08 bits per heavy atom. The van der Waals surface area contributed by atoms with E-state index in [1.54, 1.807) is 18.2 Å². The zero-order chi connectivity index (χ0) is 17.6. The molecular weight excluding hydrogens is 336 g/mol. The Morgan fingerprint density at radius 3 is 2.84 bits per heavy atom. The molecule has 1 aliphatic rings. The number of rotatable bonds is 5. The fourth-order valence-electron chi connectivity index (χ4n) is 3.28. The lowest BCUT2D eigenvalue weighted by molar-refractivity contribution is -0.900. The smallest absolute Gasteiger partial charge is 0.279 e. The lowest BCUT2D eigenvalue weighted by atomic mass is 10.0. The Bertz CT molecular complexity index is 721. The molecule has 0 radical (unpaired) electrons. The van der Waals surface area contributed by atoms with Crippen LogP contribution in [0.2, 0.25) is 5.02 Å². The van der Waals surface area contributed by atoms with E-state index >= 15 is 0 Å². The van der Waals surface area contributed by atoms with Crippen molar-refractivity contribution in [2.45, 2.75) is 19.8 Å². The molecular formula is C20H24ClN2O2+. The van der Waals surface area contributed by atoms with Gasteiger partial charge in [0.1, 0.15) is 5.75 Å². The van der Waals surface area contributed by atoms with Crippen LogP contribution in [0.5, 0.6) is 11.5 Å². The van der Waals surface area contributed by atoms with Gasteiger partial charge in [-0.05, 0) is 43.2 Å². The van der Waals surface area contributed by atoms with E-state index in [4.69, 9.17) is 16.3 Å². The summed E-state index contributed by atoms with van der Waals surface area (Å²) >= 11 is 6.10. The summed E-state index contributed by atoms with van der Waals surface area (Å²) in [6.07, 6.45) is 2.44. The average Bonchev–Trinajstić information content (AvgIpc) is 2.58. The molecule has 0 aliphatic carbocycles. The number of piperidine rings is 1. The maximum atomic E-state index is 12.5. The minimum Gasteiger partial charge on any atom is -0.455 e. The summed E-state index contributed by atoms with van der Waals surface area (Å²) in [5, 5.41) is 3.53. The Kier molecular flexibility index (Phi) is 5.95. The summed E-state index contributed by atoms with van der Waals surface area (Å²) < 4.78 is 5.89. The van der Waals surface area contributed by atoms with Crippen LogP contribution in [0.15, 0.2) is 48.5 Å². The SMILES string of the molecule is C[C@H]1CCC[NH+](CC(=O)Nc2cc(Cl)ccc2Oc2ccccc2)C1. The molecule has 4 nitrogen and oxygen atoms in total. The van der Waals surface area contributed by atoms with Gasteiger partial charge in [-0.2, -0.15) is 0 Å². The van der Waals surface area contributed by atoms with Crippen LogP contribution in [0, 0.1) is 5.92 Å². The molecule has 2 N–H and O–H groups in total. The second kappa shape index (κ2) is 8.37. The highest BCUT2D eigenvalue weighted by atomic mass is 35.5. The highest BCUT2D eigenvalue weighted by molar-refractivity contribution is 6.31. The maximum Gasteiger partial charge on any atom is 0.279 e. The Morgan fingerprint density at radius 1 is 1.28 bits per heavy atom. The average molecular weight is 360 g/mol. The number of halogens is 1. The molecule has 1 saturated heterocycles. The van der Waals surface area contributed by atoms with Crippen LogP contribution in [0.1, 0.15) is 19.8 Å². The summed E-state index contributed by atoms with van der Waals surface area (Å²) in [6, 6.07) is 14.8. The number of anilines is 1. The van der Waals surface area contributed by atoms with Crippen LogP contribution >= 0.6 is 11.6 Å². The first-order chi connectivity index (χ1) is 12.1. The molecule has 1 aliphatic heterocycles. The molecule has 3 rings (SSSR count). The molecule has 25 heavy (non-hydrogen) atoms. The van der Waals surface area contributed by atoms with Crippen molar-refractivity contribution >= 4 is 23.2 Å². The van der Waals surface area contributed by atoms with Gasteiger partial charge in [0.15, 0.2) is 12.3 Å². The zero-order valence-corrected chi connectivity index (χ0v) is 15.2. The van der Waals surface area contributed by atoms with Gasteiger partial charge in [-0.25, -0.2) is 0 Å². The van der Waals surface area contributed by atoms with E-state index in [0.29, 0.717) is 28.9 Å². The van der Waals surface area contributed by atoms with Crippen molar-refractivity contribution < 1.29 is 14.4 Å². The minimum absolute atomic E-state index is 0.00993. The van der Waals surface area contributed by atoms with E-state index in [2.05, 4.69) is 12.2 Å². The van der Waals surface area contributed by atoms with Crippen LogP contribution in [0.3, 0.4) is 0 Å². The van der Waals surface area contributed by atoms with Crippen molar-refractivity contribution in [3.8, 4) is 11.5 Å². The van der Waals surface area contributed by atoms with Crippen molar-refractivity contribution in [2.24, 2.45) is 5.92 Å². The van der Waals surface area contributed by atoms with Gasteiger partial charge in [0.25, 0.3) is 5.91 Å². The van der Waals surface area contributed by atoms with Crippen LogP contribution in [0.4, 0.5) is 5.69 Å². The molecule has 132 valence electrons. The Labute approximate surface area is 153 Å². The number of amides is 1. The third kappa shape index (κ3) is 5.21. The van der Waals surface area contributed by atoms with Gasteiger partial charge in [0.2, 0.25) is 0 Å². The van der Waals surface area contributed by atoms with E-state index in [0.717, 1.165) is 18.8 Å². The van der Waals surface area contributed by atoms with Gasteiger partial charge in [-0.3, -0.25) is 4.79 Å². The summed E-state index contributed by atoms with van der Waals surface area (Å²) in [5.41, 5.74) is 0.603. The van der Waals surface area contributed by atoms with Gasteiger partial charge in [-0.1, -0.05) is 36.7 Å². The zero-order valence-electron chi connectivity index (χ0n) is 14.4. The summed E-state index contributed by atoms with van der Waals surface area (Å²) in [6.45, 7) is 4.83. The Hall–Kier alpha value is -2.04. The molecule has 0 bridgehead atoms. The fourth-order valence-corrected chi connectivity index (χ4v) is 3.46. The normalized spacial score (nSPS) is 20.1. The predicted octanol–water partition coefficient (Wildman–Crippen LogP) is 3.39. The number of para-hydroxylation sites is 1. The highest BCUT2D eigenvalue weighted by Crippen LogP contribution is 2.31. The van der Waals surface area contributed by atoms with Crippen LogP contribution in [0.25, 0.3) is 0 Å². The van der Waals surface area contributed by atoms with E-state index in [1.807, 2.05) is 30.3 Å². The predicted molar refractivity (Wildman–Crippen MR) is 101 cm³/mol. The number of carbonyl (C=O) groups is 1. The van der Waals surface area contributed by atoms with Gasteiger partial charge < -0.3 is 15.0 Å². The molecule has 0 saturated carbocycles. The van der Waals surface area contributed by atoms with Gasteiger partial charge in [0.05, 0.1) is 18.8 Å². The summed E-state index contributed by atoms with van der Waals surface area (Å²) in [7, 11) is 0. The van der Waals surface area contributed by atoms with Crippen molar-refractivity contribution in [3.05, 3.63) is 53.6 Å². The number of nitrogens with one attached hydrogen (secondary N) is 2. The van der Waals surface area contributed by atoms with Crippen molar-refractivity contribution in [1.82, 2.24) is 0 Å². The largest absolute Gasteiger partial charge is 0.455 e. The van der Waals surface area contributed by atoms with Crippen LogP contribution < -0.4 is 15.0 Å². The van der Waals surface area contributed by atoms with E-state index in [1.165, 1.54) is 17.7 Å². The first-order valence-electron chi connectivity index (χ1n) is 8.76. The third-order valence-corrected chi connectivity index (χ3v) is 4.70. The van der Waals surface area contributed by atoms with Crippen LogP contribution in [-0.2, 0) is 4.79 Å². The number of benzene rings is 2. The molecule has 0 spiro atoms. The van der Waals surface area contributed by atoms with Crippen molar-refractivity contribution in [1.29, 1.82) is 0 Å². The summed E-state index contributed by atoms with van der Waals surface area (Å²) in [4.78, 5) is 13.8. The highest BCUT2D eigenvalue weighted by Gasteiger charge is 2.22. The second-order valence-corrected chi connectivity index (χ2v) is 7.17. The number of ether oxygens (including phenoxy) is 1. The monoisotopic (exact) mass is 359 g/mol. The number of hydrogen-bond donors (Lipinski definition) is 2. The quantitative estimate of drug-likeness (QED) is 0.859. The molecule has 2 aromatic rings. The molecule has 1 unspecified atom stereocenters. The van der Waals surface area contributed by atoms with E-state index in [9.17, 15) is 4.79 Å². The van der Waals surface area contributed by atoms with Gasteiger partial charge in [0, 0.05) is 10.9 Å². The number of quaternary nitrogens is 1. The minimum atomic E-state index is -0.00993. The number of carbonyl (C=O) groups excluding carboxylic acids is 1. The van der Waals surface area contributed by atoms with Gasteiger partial charge >= 0.3 is 0 Å². The van der Waals surface area contributed by atoms with Crippen molar-refractivity contribution in [3.63, 3.8) is 0 Å². The molecule has 2 atom stereocenters. The van der Waals surface area contributed by atoms with Gasteiger partial charge in [-0.15, -0.1) is 0 Å². The van der Waals surface area contributed by atoms with Crippen LogP contribution in [-0.4, -0.2) is 25.5 Å². The summed E-state index contributed by atoms with van der Waals surface area (Å²) in [5.74, 6) is 1.98. The van der Waals surface area contributed by atoms with E-state index < -0.39 is 0 Å². The lowest BCUT2D eigenvalue weighted by Crippen LogP contribution is -3.14. The lowest BCUT2D eigenvalue weighted by Gasteiger charge is -2.27. The Balaban J connectivity index is 1.68. The third-order valence-electron chi connectivity index (χ3n) is 4.46. The number of hydrogen-bond acceptors (Lipinski definition) is 2. The first kappa shape index (κ1) is 17.8. The molecule has 1 heterocycles. The maximum absolute atomic E-state index is 12.5. The molecule has 5 heteroatoms. The number of likely N-dealkylation sites (tertiary alicyclic amines) is 1. The molecule has 1 amide bonds. The molecule has 2 aromatic carbocycles.